The summed E-state index contributed by atoms with van der Waals surface area (Å²) in [6.45, 7) is 8.87. The number of nitriles is 1. The highest BCUT2D eigenvalue weighted by atomic mass is 32.1. The Morgan fingerprint density at radius 3 is 2.56 bits per heavy atom. The number of anilines is 1. The number of fused-ring (bicyclic) bond motifs is 2. The topological polar surface area (TPSA) is 111 Å². The number of nitrogens with one attached hydrogen (secondary N) is 2. The molecule has 0 atom stereocenters. The third kappa shape index (κ3) is 6.56. The number of benzene rings is 1. The fourth-order valence-electron chi connectivity index (χ4n) is 8.86. The van der Waals surface area contributed by atoms with E-state index in [4.69, 9.17) is 4.74 Å². The number of alkyl halides is 3. The Balaban J connectivity index is 0.872. The summed E-state index contributed by atoms with van der Waals surface area (Å²) in [5.74, 6) is 0.694. The molecule has 0 unspecified atom stereocenters. The number of aryl methyl sites for hydroxylation is 1. The third-order valence-electron chi connectivity index (χ3n) is 11.2. The molecule has 2 N–H and O–H groups in total. The highest BCUT2D eigenvalue weighted by Gasteiger charge is 2.68. The van der Waals surface area contributed by atoms with Crippen LogP contribution in [-0.4, -0.2) is 93.9 Å². The molecule has 2 saturated heterocycles. The lowest BCUT2D eigenvalue weighted by Gasteiger charge is -2.71. The van der Waals surface area contributed by atoms with Gasteiger partial charge in [0, 0.05) is 66.6 Å². The number of carbonyl (C=O) groups is 1. The fraction of sp³-hybridized carbons (Fsp3) is 0.556. The van der Waals surface area contributed by atoms with Gasteiger partial charge >= 0.3 is 6.18 Å². The monoisotopic (exact) mass is 706 g/mol. The summed E-state index contributed by atoms with van der Waals surface area (Å²) < 4.78 is 46.5. The number of piperidine rings is 1. The Morgan fingerprint density at radius 2 is 1.84 bits per heavy atom. The summed E-state index contributed by atoms with van der Waals surface area (Å²) in [5, 5.41) is 18.7. The van der Waals surface area contributed by atoms with Crippen LogP contribution in [0.4, 0.5) is 19.0 Å². The van der Waals surface area contributed by atoms with Gasteiger partial charge in [-0.15, -0.1) is 11.3 Å². The van der Waals surface area contributed by atoms with Crippen molar-refractivity contribution in [2.24, 2.45) is 5.41 Å². The number of hydrogen-bond donors (Lipinski definition) is 2. The van der Waals surface area contributed by atoms with E-state index in [1.54, 1.807) is 6.07 Å². The minimum absolute atomic E-state index is 0.0870. The maximum absolute atomic E-state index is 13.0. The van der Waals surface area contributed by atoms with Crippen LogP contribution in [0.3, 0.4) is 0 Å². The molecule has 1 aromatic carbocycles. The Kier molecular flexibility index (Phi) is 8.53. The maximum Gasteiger partial charge on any atom is 0.393 e. The molecule has 14 heteroatoms. The molecule has 9 rings (SSSR count). The number of amides is 1. The van der Waals surface area contributed by atoms with Crippen LogP contribution in [0.2, 0.25) is 0 Å². The molecule has 10 nitrogen and oxygen atoms in total. The van der Waals surface area contributed by atoms with Gasteiger partial charge in [-0.25, -0.2) is 9.97 Å². The zero-order valence-electron chi connectivity index (χ0n) is 28.1. The van der Waals surface area contributed by atoms with Gasteiger partial charge in [-0.1, -0.05) is 6.07 Å². The lowest BCUT2D eigenvalue weighted by atomic mass is 9.39. The van der Waals surface area contributed by atoms with Crippen molar-refractivity contribution in [3.8, 4) is 6.07 Å². The molecule has 5 heterocycles. The van der Waals surface area contributed by atoms with Crippen molar-refractivity contribution in [1.29, 1.82) is 5.26 Å². The van der Waals surface area contributed by atoms with E-state index in [0.29, 0.717) is 41.5 Å². The standard InChI is InChI=1S/C36H41F3N8O2S/c1-23-24(16-45-6-4-25(5-7-45)43-32-29-13-27(14-36(37,38)39)50-33(29)42-22-41-32)2-3-30-28(23)12-26(15-40)47(30)21-34-18-35(19-34,20-34)44-31(48)17-46-8-10-49-11-9-46/h2-3,12-13,22,25H,4-11,14,16-21H2,1H3,(H,44,48)(H,41,42,43). The highest BCUT2D eigenvalue weighted by Crippen LogP contribution is 2.68. The van der Waals surface area contributed by atoms with Crippen LogP contribution in [-0.2, 0) is 29.0 Å². The summed E-state index contributed by atoms with van der Waals surface area (Å²) >= 11 is 1.07. The Labute approximate surface area is 292 Å². The first kappa shape index (κ1) is 33.4. The van der Waals surface area contributed by atoms with Crippen LogP contribution in [0.1, 0.15) is 53.8 Å². The minimum atomic E-state index is -4.26. The van der Waals surface area contributed by atoms with E-state index in [0.717, 1.165) is 93.6 Å². The van der Waals surface area contributed by atoms with Gasteiger partial charge < -0.3 is 19.9 Å². The number of nitrogens with zero attached hydrogens (tertiary/aromatic N) is 6. The predicted molar refractivity (Wildman–Crippen MR) is 185 cm³/mol. The van der Waals surface area contributed by atoms with Gasteiger partial charge in [0.05, 0.1) is 31.6 Å². The quantitative estimate of drug-likeness (QED) is 0.226. The molecule has 3 aromatic heterocycles. The predicted octanol–water partition coefficient (Wildman–Crippen LogP) is 5.38. The number of thiophene rings is 1. The molecule has 0 radical (unpaired) electrons. The number of morpholine rings is 1. The largest absolute Gasteiger partial charge is 0.393 e. The molecule has 3 saturated carbocycles. The Morgan fingerprint density at radius 1 is 1.08 bits per heavy atom. The van der Waals surface area contributed by atoms with E-state index in [2.05, 4.69) is 60.1 Å². The summed E-state index contributed by atoms with van der Waals surface area (Å²) in [5.41, 5.74) is 4.24. The molecule has 264 valence electrons. The maximum atomic E-state index is 13.0. The molecule has 50 heavy (non-hydrogen) atoms. The van der Waals surface area contributed by atoms with E-state index >= 15 is 0 Å². The van der Waals surface area contributed by atoms with Crippen molar-refractivity contribution in [1.82, 2.24) is 29.7 Å². The average molecular weight is 707 g/mol. The van der Waals surface area contributed by atoms with Crippen LogP contribution in [0.25, 0.3) is 21.1 Å². The van der Waals surface area contributed by atoms with E-state index < -0.39 is 12.6 Å². The van der Waals surface area contributed by atoms with Crippen LogP contribution in [0.15, 0.2) is 30.6 Å². The van der Waals surface area contributed by atoms with E-state index in [9.17, 15) is 23.2 Å². The fourth-order valence-corrected chi connectivity index (χ4v) is 9.89. The van der Waals surface area contributed by atoms with Gasteiger partial charge in [0.15, 0.2) is 0 Å². The first-order valence-electron chi connectivity index (χ1n) is 17.4. The number of halogens is 3. The minimum Gasteiger partial charge on any atom is -0.379 e. The molecular formula is C36H41F3N8O2S. The molecule has 2 bridgehead atoms. The number of aromatic nitrogens is 3. The summed E-state index contributed by atoms with van der Waals surface area (Å²) in [4.78, 5) is 26.7. The van der Waals surface area contributed by atoms with Crippen molar-refractivity contribution in [3.05, 3.63) is 52.3 Å². The molecule has 5 aliphatic rings. The van der Waals surface area contributed by atoms with Gasteiger partial charge in [0.25, 0.3) is 0 Å². The summed E-state index contributed by atoms with van der Waals surface area (Å²) in [6, 6.07) is 10.6. The number of carbonyl (C=O) groups excluding carboxylic acids is 1. The van der Waals surface area contributed by atoms with Gasteiger partial charge in [-0.2, -0.15) is 18.4 Å². The Bertz CT molecular complexity index is 1950. The first-order chi connectivity index (χ1) is 24.0. The average Bonchev–Trinajstić information content (AvgIpc) is 3.62. The third-order valence-corrected chi connectivity index (χ3v) is 12.2. The second kappa shape index (κ2) is 12.8. The first-order valence-corrected chi connectivity index (χ1v) is 18.2. The van der Waals surface area contributed by atoms with E-state index in [-0.39, 0.29) is 27.8 Å². The zero-order valence-corrected chi connectivity index (χ0v) is 28.9. The summed E-state index contributed by atoms with van der Waals surface area (Å²) in [6.07, 6.45) is 0.831. The normalized spacial score (nSPS) is 24.5. The molecule has 3 aliphatic carbocycles. The lowest BCUT2D eigenvalue weighted by molar-refractivity contribution is -0.172. The highest BCUT2D eigenvalue weighted by molar-refractivity contribution is 7.18. The van der Waals surface area contributed by atoms with Gasteiger partial charge in [0.1, 0.15) is 28.7 Å². The molecular weight excluding hydrogens is 666 g/mol. The van der Waals surface area contributed by atoms with Crippen molar-refractivity contribution in [2.45, 2.75) is 76.3 Å². The van der Waals surface area contributed by atoms with Crippen LogP contribution >= 0.6 is 11.3 Å². The number of rotatable bonds is 10. The van der Waals surface area contributed by atoms with Crippen molar-refractivity contribution in [3.63, 3.8) is 0 Å². The van der Waals surface area contributed by atoms with E-state index in [1.165, 1.54) is 17.5 Å². The van der Waals surface area contributed by atoms with E-state index in [1.807, 2.05) is 6.07 Å². The van der Waals surface area contributed by atoms with Crippen LogP contribution in [0.5, 0.6) is 0 Å². The van der Waals surface area contributed by atoms with Crippen molar-refractivity contribution < 1.29 is 22.7 Å². The molecule has 5 fully saturated rings. The van der Waals surface area contributed by atoms with Crippen molar-refractivity contribution >= 4 is 44.2 Å². The Hall–Kier alpha value is -3.77. The van der Waals surface area contributed by atoms with Crippen LogP contribution < -0.4 is 10.6 Å². The number of hydrogen-bond acceptors (Lipinski definition) is 9. The molecule has 1 amide bonds. The number of likely N-dealkylation sites (tertiary alicyclic amines) is 1. The molecule has 0 spiro atoms. The summed E-state index contributed by atoms with van der Waals surface area (Å²) in [7, 11) is 0. The second-order valence-corrected chi connectivity index (χ2v) is 16.0. The molecule has 2 aliphatic heterocycles. The SMILES string of the molecule is Cc1c(CN2CCC(Nc3ncnc4sc(CC(F)(F)F)cc34)CC2)ccc2c1cc(C#N)n2CC12CC(NC(=O)CN3CCOCC3)(C1)C2. The van der Waals surface area contributed by atoms with Crippen molar-refractivity contribution in [2.75, 3.05) is 51.3 Å². The van der Waals surface area contributed by atoms with Gasteiger partial charge in [-0.05, 0) is 73.8 Å². The lowest BCUT2D eigenvalue weighted by Crippen LogP contribution is -2.76. The second-order valence-electron chi connectivity index (χ2n) is 14.9. The molecule has 4 aromatic rings. The van der Waals surface area contributed by atoms with Gasteiger partial charge in [-0.3, -0.25) is 14.6 Å². The zero-order chi connectivity index (χ0) is 34.7. The smallest absolute Gasteiger partial charge is 0.379 e. The van der Waals surface area contributed by atoms with Crippen LogP contribution in [0, 0.1) is 23.7 Å². The van der Waals surface area contributed by atoms with Gasteiger partial charge in [0.2, 0.25) is 5.91 Å². The number of ether oxygens (including phenoxy) is 1.